The lowest BCUT2D eigenvalue weighted by Gasteiger charge is -2.15. The Kier molecular flexibility index (Phi) is 6.15. The third-order valence-corrected chi connectivity index (χ3v) is 3.46. The molecular formula is C16H19ClN4O. The third-order valence-electron chi connectivity index (χ3n) is 3.09. The maximum absolute atomic E-state index is 11.9. The van der Waals surface area contributed by atoms with E-state index in [1.807, 2.05) is 31.2 Å². The van der Waals surface area contributed by atoms with E-state index in [2.05, 4.69) is 20.6 Å². The van der Waals surface area contributed by atoms with Gasteiger partial charge in [0.2, 0.25) is 11.9 Å². The number of hydrogen-bond acceptors (Lipinski definition) is 4. The first kappa shape index (κ1) is 16.2. The summed E-state index contributed by atoms with van der Waals surface area (Å²) in [5.41, 5.74) is 1.03. The molecule has 1 aromatic carbocycles. The van der Waals surface area contributed by atoms with E-state index in [4.69, 9.17) is 11.6 Å². The van der Waals surface area contributed by atoms with Crippen molar-refractivity contribution in [3.05, 3.63) is 53.3 Å². The summed E-state index contributed by atoms with van der Waals surface area (Å²) in [6, 6.07) is 9.44. The lowest BCUT2D eigenvalue weighted by atomic mass is 10.1. The summed E-state index contributed by atoms with van der Waals surface area (Å²) in [5.74, 6) is 0.516. The van der Waals surface area contributed by atoms with Crippen LogP contribution < -0.4 is 10.6 Å². The van der Waals surface area contributed by atoms with Crippen molar-refractivity contribution in [3.8, 4) is 0 Å². The molecule has 0 spiro atoms. The number of amides is 1. The molecular weight excluding hydrogens is 300 g/mol. The van der Waals surface area contributed by atoms with E-state index in [9.17, 15) is 4.79 Å². The molecule has 0 fully saturated rings. The Morgan fingerprint density at radius 1 is 1.23 bits per heavy atom. The Morgan fingerprint density at radius 2 is 1.95 bits per heavy atom. The second-order valence-electron chi connectivity index (χ2n) is 5.01. The van der Waals surface area contributed by atoms with Crippen LogP contribution in [0.4, 0.5) is 5.95 Å². The van der Waals surface area contributed by atoms with Crippen LogP contribution in [0.15, 0.2) is 42.7 Å². The van der Waals surface area contributed by atoms with Gasteiger partial charge < -0.3 is 10.6 Å². The number of benzene rings is 1. The van der Waals surface area contributed by atoms with Crippen LogP contribution >= 0.6 is 11.6 Å². The second kappa shape index (κ2) is 8.34. The number of nitrogens with one attached hydrogen (secondary N) is 2. The fraction of sp³-hybridized carbons (Fsp3) is 0.312. The van der Waals surface area contributed by atoms with Gasteiger partial charge in [-0.3, -0.25) is 4.79 Å². The Labute approximate surface area is 135 Å². The van der Waals surface area contributed by atoms with Gasteiger partial charge in [0.1, 0.15) is 0 Å². The first-order valence-electron chi connectivity index (χ1n) is 7.19. The first-order chi connectivity index (χ1) is 10.6. The summed E-state index contributed by atoms with van der Waals surface area (Å²) < 4.78 is 0. The zero-order valence-corrected chi connectivity index (χ0v) is 13.2. The molecule has 116 valence electrons. The smallest absolute Gasteiger partial charge is 0.222 e. The molecule has 1 amide bonds. The topological polar surface area (TPSA) is 66.9 Å². The van der Waals surface area contributed by atoms with Crippen molar-refractivity contribution in [2.24, 2.45) is 0 Å². The molecule has 1 atom stereocenters. The number of aromatic nitrogens is 2. The van der Waals surface area contributed by atoms with Crippen molar-refractivity contribution < 1.29 is 4.79 Å². The van der Waals surface area contributed by atoms with Gasteiger partial charge in [0.25, 0.3) is 0 Å². The number of carbonyl (C=O) groups is 1. The molecule has 0 aliphatic rings. The number of hydrogen-bond donors (Lipinski definition) is 2. The van der Waals surface area contributed by atoms with Gasteiger partial charge in [-0.2, -0.15) is 0 Å². The largest absolute Gasteiger partial charge is 0.354 e. The third kappa shape index (κ3) is 5.33. The summed E-state index contributed by atoms with van der Waals surface area (Å²) in [4.78, 5) is 20.0. The number of carbonyl (C=O) groups excluding carboxylic acids is 1. The molecule has 0 aliphatic heterocycles. The van der Waals surface area contributed by atoms with E-state index in [-0.39, 0.29) is 11.9 Å². The molecule has 0 saturated heterocycles. The van der Waals surface area contributed by atoms with E-state index in [0.717, 1.165) is 10.6 Å². The van der Waals surface area contributed by atoms with Crippen LogP contribution in [0.3, 0.4) is 0 Å². The van der Waals surface area contributed by atoms with Gasteiger partial charge in [-0.1, -0.05) is 29.8 Å². The van der Waals surface area contributed by atoms with Gasteiger partial charge in [-0.25, -0.2) is 9.97 Å². The van der Waals surface area contributed by atoms with Crippen molar-refractivity contribution in [1.29, 1.82) is 0 Å². The van der Waals surface area contributed by atoms with Crippen LogP contribution in [0, 0.1) is 0 Å². The Bertz CT molecular complexity index is 606. The van der Waals surface area contributed by atoms with Crippen LogP contribution in [0.1, 0.15) is 18.9 Å². The molecule has 0 radical (unpaired) electrons. The molecule has 0 bridgehead atoms. The predicted octanol–water partition coefficient (Wildman–Crippen LogP) is 2.68. The molecule has 1 heterocycles. The molecule has 1 aromatic heterocycles. The summed E-state index contributed by atoms with van der Waals surface area (Å²) in [6.45, 7) is 2.46. The summed E-state index contributed by atoms with van der Waals surface area (Å²) in [7, 11) is 0. The highest BCUT2D eigenvalue weighted by Crippen LogP contribution is 2.16. The summed E-state index contributed by atoms with van der Waals surface area (Å²) >= 11 is 6.12. The fourth-order valence-electron chi connectivity index (χ4n) is 2.07. The highest BCUT2D eigenvalue weighted by Gasteiger charge is 2.09. The molecule has 2 rings (SSSR count). The average Bonchev–Trinajstić information content (AvgIpc) is 2.50. The van der Waals surface area contributed by atoms with Crippen molar-refractivity contribution in [2.75, 3.05) is 11.9 Å². The van der Waals surface area contributed by atoms with Gasteiger partial charge in [-0.15, -0.1) is 0 Å². The highest BCUT2D eigenvalue weighted by atomic mass is 35.5. The quantitative estimate of drug-likeness (QED) is 0.823. The van der Waals surface area contributed by atoms with E-state index in [1.165, 1.54) is 0 Å². The van der Waals surface area contributed by atoms with Crippen molar-refractivity contribution in [2.45, 2.75) is 25.8 Å². The van der Waals surface area contributed by atoms with Gasteiger partial charge in [0.15, 0.2) is 0 Å². The van der Waals surface area contributed by atoms with Crippen molar-refractivity contribution in [3.63, 3.8) is 0 Å². The van der Waals surface area contributed by atoms with Gasteiger partial charge in [0, 0.05) is 36.4 Å². The molecule has 22 heavy (non-hydrogen) atoms. The number of halogens is 1. The van der Waals surface area contributed by atoms with E-state index < -0.39 is 0 Å². The zero-order chi connectivity index (χ0) is 15.8. The molecule has 2 N–H and O–H groups in total. The Balaban J connectivity index is 1.71. The molecule has 0 aliphatic carbocycles. The normalized spacial score (nSPS) is 11.7. The van der Waals surface area contributed by atoms with Crippen LogP contribution in [0.5, 0.6) is 0 Å². The van der Waals surface area contributed by atoms with E-state index >= 15 is 0 Å². The molecule has 6 heteroatoms. The lowest BCUT2D eigenvalue weighted by Crippen LogP contribution is -2.35. The first-order valence-corrected chi connectivity index (χ1v) is 7.56. The average molecular weight is 319 g/mol. The molecule has 5 nitrogen and oxygen atoms in total. The summed E-state index contributed by atoms with van der Waals surface area (Å²) in [5, 5.41) is 6.70. The Morgan fingerprint density at radius 3 is 2.68 bits per heavy atom. The number of nitrogens with zero attached hydrogens (tertiary/aromatic N) is 2. The van der Waals surface area contributed by atoms with Gasteiger partial charge in [-0.05, 0) is 31.0 Å². The van der Waals surface area contributed by atoms with E-state index in [0.29, 0.717) is 25.3 Å². The van der Waals surface area contributed by atoms with Crippen LogP contribution in [-0.2, 0) is 11.2 Å². The minimum absolute atomic E-state index is 0.0111. The number of rotatable bonds is 7. The minimum atomic E-state index is -0.0111. The monoisotopic (exact) mass is 318 g/mol. The predicted molar refractivity (Wildman–Crippen MR) is 87.9 cm³/mol. The highest BCUT2D eigenvalue weighted by molar-refractivity contribution is 6.31. The SMILES string of the molecule is CC(Cc1ccccc1Cl)NC(=O)CCNc1ncccn1. The lowest BCUT2D eigenvalue weighted by molar-refractivity contribution is -0.121. The fourth-order valence-corrected chi connectivity index (χ4v) is 2.28. The second-order valence-corrected chi connectivity index (χ2v) is 5.42. The molecule has 2 aromatic rings. The summed E-state index contributed by atoms with van der Waals surface area (Å²) in [6.07, 6.45) is 4.38. The van der Waals surface area contributed by atoms with Crippen molar-refractivity contribution in [1.82, 2.24) is 15.3 Å². The molecule has 0 saturated carbocycles. The van der Waals surface area contributed by atoms with Crippen LogP contribution in [0.2, 0.25) is 5.02 Å². The van der Waals surface area contributed by atoms with E-state index in [1.54, 1.807) is 18.5 Å². The van der Waals surface area contributed by atoms with Gasteiger partial charge in [0.05, 0.1) is 0 Å². The number of anilines is 1. The van der Waals surface area contributed by atoms with Crippen LogP contribution in [-0.4, -0.2) is 28.5 Å². The Hall–Kier alpha value is -2.14. The maximum atomic E-state index is 11.9. The van der Waals surface area contributed by atoms with Gasteiger partial charge >= 0.3 is 0 Å². The zero-order valence-electron chi connectivity index (χ0n) is 12.4. The maximum Gasteiger partial charge on any atom is 0.222 e. The van der Waals surface area contributed by atoms with Crippen LogP contribution in [0.25, 0.3) is 0 Å². The minimum Gasteiger partial charge on any atom is -0.354 e. The molecule has 1 unspecified atom stereocenters. The van der Waals surface area contributed by atoms with Crippen molar-refractivity contribution >= 4 is 23.5 Å². The standard InChI is InChI=1S/C16H19ClN4O/c1-12(11-13-5-2-3-6-14(13)17)21-15(22)7-10-20-16-18-8-4-9-19-16/h2-6,8-9,12H,7,10-11H2,1H3,(H,21,22)(H,18,19,20).